The third-order valence-electron chi connectivity index (χ3n) is 4.25. The molecule has 0 unspecified atom stereocenters. The van der Waals surface area contributed by atoms with Gasteiger partial charge in [-0.15, -0.1) is 0 Å². The summed E-state index contributed by atoms with van der Waals surface area (Å²) in [6, 6.07) is 5.96. The summed E-state index contributed by atoms with van der Waals surface area (Å²) in [6.07, 6.45) is 2.08. The van der Waals surface area contributed by atoms with Crippen molar-refractivity contribution in [1.29, 1.82) is 0 Å². The number of carbonyl (C=O) groups is 1. The van der Waals surface area contributed by atoms with E-state index in [4.69, 9.17) is 4.52 Å². The van der Waals surface area contributed by atoms with Crippen molar-refractivity contribution < 1.29 is 9.32 Å². The molecular weight excluding hydrogens is 294 g/mol. The molecule has 3 aromatic rings. The average molecular weight is 311 g/mol. The summed E-state index contributed by atoms with van der Waals surface area (Å²) in [4.78, 5) is 25.6. The van der Waals surface area contributed by atoms with Gasteiger partial charge in [-0.2, -0.15) is 4.98 Å². The van der Waals surface area contributed by atoms with E-state index in [-0.39, 0.29) is 17.9 Å². The molecule has 3 heterocycles. The summed E-state index contributed by atoms with van der Waals surface area (Å²) in [7, 11) is 0. The van der Waals surface area contributed by atoms with Gasteiger partial charge in [-0.3, -0.25) is 4.79 Å². The molecule has 4 rings (SSSR count). The van der Waals surface area contributed by atoms with Gasteiger partial charge in [0.1, 0.15) is 0 Å². The number of likely N-dealkylation sites (tertiary alicyclic amines) is 1. The number of H-pyrrole nitrogens is 1. The van der Waals surface area contributed by atoms with Crippen molar-refractivity contribution >= 4 is 16.9 Å². The molecule has 1 saturated heterocycles. The molecule has 7 heteroatoms. The minimum Gasteiger partial charge on any atom is -0.345 e. The van der Waals surface area contributed by atoms with Crippen LogP contribution in [0.1, 0.15) is 32.1 Å². The van der Waals surface area contributed by atoms with Crippen molar-refractivity contribution in [2.24, 2.45) is 0 Å². The highest BCUT2D eigenvalue weighted by atomic mass is 16.5. The predicted molar refractivity (Wildman–Crippen MR) is 83.6 cm³/mol. The van der Waals surface area contributed by atoms with Crippen molar-refractivity contribution in [2.75, 3.05) is 6.54 Å². The third kappa shape index (κ3) is 2.38. The van der Waals surface area contributed by atoms with E-state index in [1.807, 2.05) is 36.9 Å². The van der Waals surface area contributed by atoms with Crippen molar-refractivity contribution in [2.45, 2.75) is 32.2 Å². The van der Waals surface area contributed by atoms with Crippen molar-refractivity contribution in [3.63, 3.8) is 0 Å². The zero-order valence-electron chi connectivity index (χ0n) is 13.0. The summed E-state index contributed by atoms with van der Waals surface area (Å²) >= 11 is 0. The summed E-state index contributed by atoms with van der Waals surface area (Å²) in [5.74, 6) is 1.18. The molecule has 1 fully saturated rings. The Labute approximate surface area is 132 Å². The number of aromatic amines is 1. The smallest absolute Gasteiger partial charge is 0.232 e. The van der Waals surface area contributed by atoms with Gasteiger partial charge in [0, 0.05) is 24.6 Å². The Kier molecular flexibility index (Phi) is 3.14. The van der Waals surface area contributed by atoms with E-state index in [1.165, 1.54) is 0 Å². The highest BCUT2D eigenvalue weighted by molar-refractivity contribution is 5.80. The van der Waals surface area contributed by atoms with Crippen LogP contribution < -0.4 is 0 Å². The van der Waals surface area contributed by atoms with Crippen LogP contribution in [-0.2, 0) is 4.79 Å². The molecule has 0 spiro atoms. The lowest BCUT2D eigenvalue weighted by atomic mass is 10.1. The Morgan fingerprint density at radius 3 is 3.04 bits per heavy atom. The first-order valence-electron chi connectivity index (χ1n) is 7.68. The van der Waals surface area contributed by atoms with Crippen LogP contribution in [0.2, 0.25) is 0 Å². The number of amides is 1. The average Bonchev–Trinajstić information content (AvgIpc) is 3.24. The highest BCUT2D eigenvalue weighted by Crippen LogP contribution is 2.30. The lowest BCUT2D eigenvalue weighted by Crippen LogP contribution is -2.31. The molecular formula is C16H17N5O2. The van der Waals surface area contributed by atoms with Gasteiger partial charge in [0.2, 0.25) is 17.6 Å². The lowest BCUT2D eigenvalue weighted by Gasteiger charge is -2.20. The zero-order valence-corrected chi connectivity index (χ0v) is 13.0. The molecule has 7 nitrogen and oxygen atoms in total. The van der Waals surface area contributed by atoms with E-state index >= 15 is 0 Å². The fourth-order valence-corrected chi connectivity index (χ4v) is 2.99. The van der Waals surface area contributed by atoms with E-state index in [2.05, 4.69) is 20.1 Å². The van der Waals surface area contributed by atoms with Gasteiger partial charge in [0.25, 0.3) is 0 Å². The quantitative estimate of drug-likeness (QED) is 0.802. The second kappa shape index (κ2) is 5.19. The summed E-state index contributed by atoms with van der Waals surface area (Å²) in [5, 5.41) is 4.07. The standard InChI is InChI=1S/C16H17N5O2/c1-9(2)21-7-11(6-14(21)22)16-19-15(20-23-16)10-3-4-12-13(5-10)18-8-17-12/h3-5,8-9,11H,6-7H2,1-2H3,(H,17,18)/t11-/m1/s1. The van der Waals surface area contributed by atoms with E-state index in [9.17, 15) is 4.79 Å². The maximum Gasteiger partial charge on any atom is 0.232 e. The number of nitrogens with one attached hydrogen (secondary N) is 1. The van der Waals surface area contributed by atoms with Crippen molar-refractivity contribution in [1.82, 2.24) is 25.0 Å². The van der Waals surface area contributed by atoms with Crippen LogP contribution in [0.15, 0.2) is 29.0 Å². The maximum atomic E-state index is 12.0. The minimum atomic E-state index is -0.0259. The maximum absolute atomic E-state index is 12.0. The third-order valence-corrected chi connectivity index (χ3v) is 4.25. The summed E-state index contributed by atoms with van der Waals surface area (Å²) < 4.78 is 5.41. The van der Waals surface area contributed by atoms with Crippen LogP contribution in [0.4, 0.5) is 0 Å². The van der Waals surface area contributed by atoms with E-state index < -0.39 is 0 Å². The Hall–Kier alpha value is -2.70. The van der Waals surface area contributed by atoms with E-state index in [0.29, 0.717) is 24.7 Å². The monoisotopic (exact) mass is 311 g/mol. The largest absolute Gasteiger partial charge is 0.345 e. The Morgan fingerprint density at radius 1 is 1.39 bits per heavy atom. The number of fused-ring (bicyclic) bond motifs is 1. The molecule has 1 amide bonds. The van der Waals surface area contributed by atoms with Gasteiger partial charge < -0.3 is 14.4 Å². The fourth-order valence-electron chi connectivity index (χ4n) is 2.99. The van der Waals surface area contributed by atoms with Crippen LogP contribution in [0, 0.1) is 0 Å². The van der Waals surface area contributed by atoms with Gasteiger partial charge in [-0.05, 0) is 32.0 Å². The van der Waals surface area contributed by atoms with Gasteiger partial charge in [0.05, 0.1) is 23.3 Å². The minimum absolute atomic E-state index is 0.0259. The first kappa shape index (κ1) is 13.9. The summed E-state index contributed by atoms with van der Waals surface area (Å²) in [6.45, 7) is 4.66. The Balaban J connectivity index is 1.60. The number of hydrogen-bond acceptors (Lipinski definition) is 5. The second-order valence-corrected chi connectivity index (χ2v) is 6.13. The molecule has 1 N–H and O–H groups in total. The number of imidazole rings is 1. The SMILES string of the molecule is CC(C)N1C[C@H](c2nc(-c3ccc4nc[nH]c4c3)no2)CC1=O. The van der Waals surface area contributed by atoms with Crippen LogP contribution in [0.3, 0.4) is 0 Å². The second-order valence-electron chi connectivity index (χ2n) is 6.13. The predicted octanol–water partition coefficient (Wildman–Crippen LogP) is 2.34. The van der Waals surface area contributed by atoms with Crippen molar-refractivity contribution in [3.05, 3.63) is 30.4 Å². The van der Waals surface area contributed by atoms with Crippen LogP contribution in [0.5, 0.6) is 0 Å². The zero-order chi connectivity index (χ0) is 16.0. The molecule has 1 aliphatic heterocycles. The van der Waals surface area contributed by atoms with E-state index in [0.717, 1.165) is 16.6 Å². The number of nitrogens with zero attached hydrogens (tertiary/aromatic N) is 4. The topological polar surface area (TPSA) is 87.9 Å². The molecule has 1 aliphatic rings. The normalized spacial score (nSPS) is 18.5. The number of rotatable bonds is 3. The molecule has 118 valence electrons. The molecule has 2 aromatic heterocycles. The first-order chi connectivity index (χ1) is 11.1. The number of aromatic nitrogens is 4. The highest BCUT2D eigenvalue weighted by Gasteiger charge is 2.35. The molecule has 23 heavy (non-hydrogen) atoms. The Bertz CT molecular complexity index is 866. The van der Waals surface area contributed by atoms with Crippen LogP contribution in [0.25, 0.3) is 22.4 Å². The molecule has 0 bridgehead atoms. The first-order valence-corrected chi connectivity index (χ1v) is 7.68. The number of carbonyl (C=O) groups excluding carboxylic acids is 1. The number of hydrogen-bond donors (Lipinski definition) is 1. The Morgan fingerprint density at radius 2 is 2.26 bits per heavy atom. The van der Waals surface area contributed by atoms with Gasteiger partial charge in [-0.25, -0.2) is 4.98 Å². The van der Waals surface area contributed by atoms with Gasteiger partial charge >= 0.3 is 0 Å². The lowest BCUT2D eigenvalue weighted by molar-refractivity contribution is -0.129. The van der Waals surface area contributed by atoms with Gasteiger partial charge in [0.15, 0.2) is 0 Å². The molecule has 0 radical (unpaired) electrons. The van der Waals surface area contributed by atoms with Crippen LogP contribution in [-0.4, -0.2) is 43.5 Å². The summed E-state index contributed by atoms with van der Waals surface area (Å²) in [5.41, 5.74) is 2.68. The molecule has 0 saturated carbocycles. The molecule has 1 aromatic carbocycles. The van der Waals surface area contributed by atoms with Crippen molar-refractivity contribution in [3.8, 4) is 11.4 Å². The fraction of sp³-hybridized carbons (Fsp3) is 0.375. The molecule has 1 atom stereocenters. The van der Waals surface area contributed by atoms with Gasteiger partial charge in [-0.1, -0.05) is 5.16 Å². The number of benzene rings is 1. The van der Waals surface area contributed by atoms with Crippen LogP contribution >= 0.6 is 0 Å². The van der Waals surface area contributed by atoms with E-state index in [1.54, 1.807) is 6.33 Å². The molecule has 0 aliphatic carbocycles.